The number of carbonyl (C=O) groups excluding carboxylic acids is 1. The van der Waals surface area contributed by atoms with Gasteiger partial charge in [-0.05, 0) is 36.8 Å². The van der Waals surface area contributed by atoms with Crippen LogP contribution < -0.4 is 5.32 Å². The van der Waals surface area contributed by atoms with Gasteiger partial charge in [-0.2, -0.15) is 4.98 Å². The highest BCUT2D eigenvalue weighted by Crippen LogP contribution is 2.18. The smallest absolute Gasteiger partial charge is 0.255 e. The van der Waals surface area contributed by atoms with Crippen LogP contribution in [0.25, 0.3) is 11.4 Å². The molecule has 0 saturated carbocycles. The van der Waals surface area contributed by atoms with Gasteiger partial charge in [-0.3, -0.25) is 4.79 Å². The van der Waals surface area contributed by atoms with Crippen molar-refractivity contribution in [3.05, 3.63) is 65.3 Å². The van der Waals surface area contributed by atoms with Crippen LogP contribution in [0.15, 0.2) is 47.0 Å². The van der Waals surface area contributed by atoms with Crippen molar-refractivity contribution in [1.29, 1.82) is 0 Å². The molecule has 0 fully saturated rings. The van der Waals surface area contributed by atoms with E-state index in [-0.39, 0.29) is 11.7 Å². The van der Waals surface area contributed by atoms with Gasteiger partial charge in [0.05, 0.1) is 0 Å². The van der Waals surface area contributed by atoms with Gasteiger partial charge in [-0.15, -0.1) is 0 Å². The molecule has 0 unspecified atom stereocenters. The highest BCUT2D eigenvalue weighted by atomic mass is 19.1. The molecule has 0 radical (unpaired) electrons. The summed E-state index contributed by atoms with van der Waals surface area (Å²) in [4.78, 5) is 16.3. The van der Waals surface area contributed by atoms with E-state index in [2.05, 4.69) is 15.5 Å². The van der Waals surface area contributed by atoms with Crippen LogP contribution in [-0.4, -0.2) is 16.0 Å². The summed E-state index contributed by atoms with van der Waals surface area (Å²) in [5.74, 6) is 0.271. The first-order valence-electron chi connectivity index (χ1n) is 7.01. The third-order valence-electron chi connectivity index (χ3n) is 3.36. The average Bonchev–Trinajstić information content (AvgIpc) is 2.97. The van der Waals surface area contributed by atoms with E-state index in [4.69, 9.17) is 4.52 Å². The minimum Gasteiger partial charge on any atom is -0.339 e. The highest BCUT2D eigenvalue weighted by Gasteiger charge is 2.10. The quantitative estimate of drug-likeness (QED) is 0.800. The van der Waals surface area contributed by atoms with E-state index in [9.17, 15) is 9.18 Å². The van der Waals surface area contributed by atoms with Crippen LogP contribution in [0.3, 0.4) is 0 Å². The number of anilines is 1. The monoisotopic (exact) mass is 311 g/mol. The molecular weight excluding hydrogens is 297 g/mol. The van der Waals surface area contributed by atoms with E-state index < -0.39 is 0 Å². The molecule has 0 bridgehead atoms. The van der Waals surface area contributed by atoms with Crippen molar-refractivity contribution in [2.75, 3.05) is 5.32 Å². The Morgan fingerprint density at radius 1 is 1.13 bits per heavy atom. The molecular formula is C17H14FN3O2. The number of benzene rings is 2. The van der Waals surface area contributed by atoms with Crippen LogP contribution in [0, 0.1) is 19.7 Å². The lowest BCUT2D eigenvalue weighted by Crippen LogP contribution is -2.12. The lowest BCUT2D eigenvalue weighted by atomic mass is 10.1. The van der Waals surface area contributed by atoms with Crippen LogP contribution in [-0.2, 0) is 0 Å². The molecule has 1 amide bonds. The maximum absolute atomic E-state index is 13.5. The first-order chi connectivity index (χ1) is 11.0. The van der Waals surface area contributed by atoms with Gasteiger partial charge in [0.2, 0.25) is 11.7 Å². The van der Waals surface area contributed by atoms with E-state index in [0.717, 1.165) is 5.56 Å². The van der Waals surface area contributed by atoms with Gasteiger partial charge in [0.25, 0.3) is 5.91 Å². The van der Waals surface area contributed by atoms with Gasteiger partial charge in [-0.25, -0.2) is 4.39 Å². The van der Waals surface area contributed by atoms with Crippen molar-refractivity contribution in [3.8, 4) is 11.4 Å². The van der Waals surface area contributed by atoms with Gasteiger partial charge in [0, 0.05) is 23.7 Å². The molecule has 6 heteroatoms. The van der Waals surface area contributed by atoms with Crippen LogP contribution >= 0.6 is 0 Å². The van der Waals surface area contributed by atoms with E-state index in [1.54, 1.807) is 50.2 Å². The Balaban J connectivity index is 1.76. The van der Waals surface area contributed by atoms with Crippen LogP contribution in [0.2, 0.25) is 0 Å². The van der Waals surface area contributed by atoms with Crippen molar-refractivity contribution in [2.24, 2.45) is 0 Å². The Bertz CT molecular complexity index is 857. The van der Waals surface area contributed by atoms with Gasteiger partial charge >= 0.3 is 0 Å². The zero-order chi connectivity index (χ0) is 16.4. The van der Waals surface area contributed by atoms with Crippen LogP contribution in [0.5, 0.6) is 0 Å². The predicted octanol–water partition coefficient (Wildman–Crippen LogP) is 3.74. The van der Waals surface area contributed by atoms with E-state index in [1.165, 1.54) is 6.07 Å². The topological polar surface area (TPSA) is 68.0 Å². The summed E-state index contributed by atoms with van der Waals surface area (Å²) in [6.45, 7) is 3.37. The highest BCUT2D eigenvalue weighted by molar-refractivity contribution is 6.04. The summed E-state index contributed by atoms with van der Waals surface area (Å²) in [6, 6.07) is 11.3. The largest absolute Gasteiger partial charge is 0.339 e. The molecule has 1 aromatic heterocycles. The molecule has 1 heterocycles. The molecule has 2 aromatic carbocycles. The minimum atomic E-state index is -0.356. The number of nitrogens with one attached hydrogen (secondary N) is 1. The molecule has 5 nitrogen and oxygen atoms in total. The number of halogens is 1. The van der Waals surface area contributed by atoms with Crippen molar-refractivity contribution >= 4 is 11.6 Å². The van der Waals surface area contributed by atoms with Crippen LogP contribution in [0.1, 0.15) is 21.8 Å². The van der Waals surface area contributed by atoms with E-state index >= 15 is 0 Å². The summed E-state index contributed by atoms with van der Waals surface area (Å²) in [5, 5.41) is 6.48. The summed E-state index contributed by atoms with van der Waals surface area (Å²) in [7, 11) is 0. The fourth-order valence-electron chi connectivity index (χ4n) is 2.06. The van der Waals surface area contributed by atoms with Gasteiger partial charge < -0.3 is 9.84 Å². The van der Waals surface area contributed by atoms with Gasteiger partial charge in [0.1, 0.15) is 5.82 Å². The molecule has 3 rings (SSSR count). The zero-order valence-corrected chi connectivity index (χ0v) is 12.6. The Hall–Kier alpha value is -3.02. The molecule has 0 saturated heterocycles. The first-order valence-corrected chi connectivity index (χ1v) is 7.01. The molecule has 0 aliphatic heterocycles. The van der Waals surface area contributed by atoms with Crippen molar-refractivity contribution in [2.45, 2.75) is 13.8 Å². The Morgan fingerprint density at radius 3 is 2.48 bits per heavy atom. The van der Waals surface area contributed by atoms with Crippen molar-refractivity contribution in [1.82, 2.24) is 10.1 Å². The number of carbonyl (C=O) groups is 1. The number of nitrogens with zero attached hydrogens (tertiary/aromatic N) is 2. The SMILES string of the molecule is Cc1nc(-c2ccc(C(=O)Nc3ccc(C)c(F)c3)cc2)no1. The Labute approximate surface area is 132 Å². The van der Waals surface area contributed by atoms with Crippen LogP contribution in [0.4, 0.5) is 10.1 Å². The molecule has 23 heavy (non-hydrogen) atoms. The van der Waals surface area contributed by atoms with E-state index in [1.807, 2.05) is 0 Å². The fraction of sp³-hybridized carbons (Fsp3) is 0.118. The average molecular weight is 311 g/mol. The van der Waals surface area contributed by atoms with Crippen molar-refractivity contribution < 1.29 is 13.7 Å². The maximum Gasteiger partial charge on any atom is 0.255 e. The number of aryl methyl sites for hydroxylation is 2. The molecule has 0 spiro atoms. The summed E-state index contributed by atoms with van der Waals surface area (Å²) >= 11 is 0. The van der Waals surface area contributed by atoms with Crippen molar-refractivity contribution in [3.63, 3.8) is 0 Å². The fourth-order valence-corrected chi connectivity index (χ4v) is 2.06. The maximum atomic E-state index is 13.5. The number of aromatic nitrogens is 2. The second-order valence-electron chi connectivity index (χ2n) is 5.13. The molecule has 0 aliphatic rings. The second-order valence-corrected chi connectivity index (χ2v) is 5.13. The minimum absolute atomic E-state index is 0.316. The van der Waals surface area contributed by atoms with E-state index in [0.29, 0.717) is 28.5 Å². The third-order valence-corrected chi connectivity index (χ3v) is 3.36. The third kappa shape index (κ3) is 3.26. The summed E-state index contributed by atoms with van der Waals surface area (Å²) < 4.78 is 18.4. The normalized spacial score (nSPS) is 10.6. The van der Waals surface area contributed by atoms with Gasteiger partial charge in [0.15, 0.2) is 0 Å². The standard InChI is InChI=1S/C17H14FN3O2/c1-10-3-8-14(9-15(10)18)20-17(22)13-6-4-12(5-7-13)16-19-11(2)23-21-16/h3-9H,1-2H3,(H,20,22). The molecule has 0 atom stereocenters. The number of hydrogen-bond donors (Lipinski definition) is 1. The number of rotatable bonds is 3. The zero-order valence-electron chi connectivity index (χ0n) is 12.6. The first kappa shape index (κ1) is 14.9. The second kappa shape index (κ2) is 6.00. The predicted molar refractivity (Wildman–Crippen MR) is 83.6 cm³/mol. The molecule has 0 aliphatic carbocycles. The lowest BCUT2D eigenvalue weighted by Gasteiger charge is -2.06. The molecule has 3 aromatic rings. The number of hydrogen-bond acceptors (Lipinski definition) is 4. The Kier molecular flexibility index (Phi) is 3.89. The number of amides is 1. The summed E-state index contributed by atoms with van der Waals surface area (Å²) in [5.41, 5.74) is 2.15. The molecule has 116 valence electrons. The molecule has 1 N–H and O–H groups in total. The van der Waals surface area contributed by atoms with Gasteiger partial charge in [-0.1, -0.05) is 23.4 Å². The Morgan fingerprint density at radius 2 is 1.87 bits per heavy atom. The lowest BCUT2D eigenvalue weighted by molar-refractivity contribution is 0.102. The summed E-state index contributed by atoms with van der Waals surface area (Å²) in [6.07, 6.45) is 0.